The number of nitrogens with zero attached hydrogens (tertiary/aromatic N) is 3. The molecule has 2 aromatic rings. The first kappa shape index (κ1) is 13.0. The molecule has 1 fully saturated rings. The zero-order valence-corrected chi connectivity index (χ0v) is 12.1. The molecule has 0 aromatic carbocycles. The standard InChI is InChI=1S/C16H20N4/c1-3-7-18-15-10-14(13-6-8-17-11(2)9-13)19-16(20-15)12-4-5-12/h6,8-10,12H,3-5,7H2,1-2H3,(H,18,19,20). The molecule has 0 aliphatic heterocycles. The summed E-state index contributed by atoms with van der Waals surface area (Å²) >= 11 is 0. The average Bonchev–Trinajstić information content (AvgIpc) is 3.29. The second kappa shape index (κ2) is 5.57. The van der Waals surface area contributed by atoms with Crippen LogP contribution in [0, 0.1) is 6.92 Å². The van der Waals surface area contributed by atoms with E-state index in [1.165, 1.54) is 12.8 Å². The van der Waals surface area contributed by atoms with Gasteiger partial charge >= 0.3 is 0 Å². The lowest BCUT2D eigenvalue weighted by molar-refractivity contribution is 0.911. The molecule has 0 radical (unpaired) electrons. The highest BCUT2D eigenvalue weighted by molar-refractivity contribution is 5.62. The van der Waals surface area contributed by atoms with Crippen LogP contribution in [0.15, 0.2) is 24.4 Å². The van der Waals surface area contributed by atoms with Gasteiger partial charge < -0.3 is 5.32 Å². The molecule has 104 valence electrons. The molecule has 4 nitrogen and oxygen atoms in total. The van der Waals surface area contributed by atoms with Crippen molar-refractivity contribution < 1.29 is 0 Å². The molecule has 0 bridgehead atoms. The third kappa shape index (κ3) is 2.95. The highest BCUT2D eigenvalue weighted by atomic mass is 15.0. The molecule has 1 saturated carbocycles. The van der Waals surface area contributed by atoms with Crippen LogP contribution in [-0.2, 0) is 0 Å². The molecule has 1 N–H and O–H groups in total. The van der Waals surface area contributed by atoms with Gasteiger partial charge in [-0.1, -0.05) is 6.92 Å². The van der Waals surface area contributed by atoms with Crippen molar-refractivity contribution in [1.82, 2.24) is 15.0 Å². The zero-order chi connectivity index (χ0) is 13.9. The minimum Gasteiger partial charge on any atom is -0.370 e. The van der Waals surface area contributed by atoms with Gasteiger partial charge in [-0.15, -0.1) is 0 Å². The first-order valence-corrected chi connectivity index (χ1v) is 7.32. The molecule has 2 heterocycles. The summed E-state index contributed by atoms with van der Waals surface area (Å²) in [6, 6.07) is 6.12. The zero-order valence-electron chi connectivity index (χ0n) is 12.1. The predicted octanol–water partition coefficient (Wildman–Crippen LogP) is 3.55. The molecule has 0 atom stereocenters. The van der Waals surface area contributed by atoms with E-state index < -0.39 is 0 Å². The van der Waals surface area contributed by atoms with Crippen LogP contribution in [-0.4, -0.2) is 21.5 Å². The smallest absolute Gasteiger partial charge is 0.134 e. The van der Waals surface area contributed by atoms with E-state index >= 15 is 0 Å². The van der Waals surface area contributed by atoms with E-state index in [2.05, 4.69) is 28.3 Å². The molecule has 0 saturated heterocycles. The van der Waals surface area contributed by atoms with Crippen LogP contribution in [0.2, 0.25) is 0 Å². The Bertz CT molecular complexity index is 605. The summed E-state index contributed by atoms with van der Waals surface area (Å²) in [7, 11) is 0. The number of anilines is 1. The van der Waals surface area contributed by atoms with Crippen LogP contribution in [0.1, 0.15) is 43.6 Å². The van der Waals surface area contributed by atoms with E-state index in [1.54, 1.807) is 0 Å². The van der Waals surface area contributed by atoms with E-state index in [-0.39, 0.29) is 0 Å². The molecular weight excluding hydrogens is 248 g/mol. The number of pyridine rings is 1. The number of hydrogen-bond acceptors (Lipinski definition) is 4. The second-order valence-electron chi connectivity index (χ2n) is 5.38. The summed E-state index contributed by atoms with van der Waals surface area (Å²) in [5.41, 5.74) is 3.12. The van der Waals surface area contributed by atoms with Crippen LogP contribution in [0.5, 0.6) is 0 Å². The fraction of sp³-hybridized carbons (Fsp3) is 0.438. The Hall–Kier alpha value is -1.97. The fourth-order valence-electron chi connectivity index (χ4n) is 2.19. The van der Waals surface area contributed by atoms with Crippen molar-refractivity contribution in [2.24, 2.45) is 0 Å². The molecular formula is C16H20N4. The highest BCUT2D eigenvalue weighted by Gasteiger charge is 2.27. The van der Waals surface area contributed by atoms with Gasteiger partial charge in [-0.2, -0.15) is 0 Å². The number of aromatic nitrogens is 3. The molecule has 20 heavy (non-hydrogen) atoms. The second-order valence-corrected chi connectivity index (χ2v) is 5.38. The topological polar surface area (TPSA) is 50.7 Å². The van der Waals surface area contributed by atoms with Crippen LogP contribution in [0.25, 0.3) is 11.3 Å². The summed E-state index contributed by atoms with van der Waals surface area (Å²) in [5.74, 6) is 2.48. The van der Waals surface area contributed by atoms with E-state index in [9.17, 15) is 0 Å². The van der Waals surface area contributed by atoms with Gasteiger partial charge in [0.25, 0.3) is 0 Å². The van der Waals surface area contributed by atoms with Gasteiger partial charge in [-0.05, 0) is 38.3 Å². The van der Waals surface area contributed by atoms with Crippen molar-refractivity contribution >= 4 is 5.82 Å². The molecule has 0 spiro atoms. The Morgan fingerprint density at radius 1 is 1.25 bits per heavy atom. The van der Waals surface area contributed by atoms with Crippen LogP contribution < -0.4 is 5.32 Å². The van der Waals surface area contributed by atoms with E-state index in [0.717, 1.165) is 41.6 Å². The van der Waals surface area contributed by atoms with Crippen molar-refractivity contribution in [2.45, 2.75) is 39.0 Å². The van der Waals surface area contributed by atoms with Gasteiger partial charge in [0.2, 0.25) is 0 Å². The van der Waals surface area contributed by atoms with Crippen molar-refractivity contribution in [1.29, 1.82) is 0 Å². The Kier molecular flexibility index (Phi) is 3.63. The Labute approximate surface area is 119 Å². The number of nitrogens with one attached hydrogen (secondary N) is 1. The molecule has 1 aliphatic carbocycles. The SMILES string of the molecule is CCCNc1cc(-c2ccnc(C)c2)nc(C2CC2)n1. The van der Waals surface area contributed by atoms with Crippen molar-refractivity contribution in [2.75, 3.05) is 11.9 Å². The van der Waals surface area contributed by atoms with Crippen LogP contribution in [0.3, 0.4) is 0 Å². The molecule has 1 aliphatic rings. The highest BCUT2D eigenvalue weighted by Crippen LogP contribution is 2.39. The Morgan fingerprint density at radius 2 is 2.10 bits per heavy atom. The maximum Gasteiger partial charge on any atom is 0.134 e. The largest absolute Gasteiger partial charge is 0.370 e. The monoisotopic (exact) mass is 268 g/mol. The minimum atomic E-state index is 0.556. The van der Waals surface area contributed by atoms with Crippen LogP contribution in [0.4, 0.5) is 5.82 Å². The summed E-state index contributed by atoms with van der Waals surface area (Å²) < 4.78 is 0. The maximum absolute atomic E-state index is 4.74. The van der Waals surface area contributed by atoms with Crippen molar-refractivity contribution in [3.8, 4) is 11.3 Å². The third-order valence-corrected chi connectivity index (χ3v) is 3.43. The third-order valence-electron chi connectivity index (χ3n) is 3.43. The lowest BCUT2D eigenvalue weighted by Gasteiger charge is -2.09. The van der Waals surface area contributed by atoms with Gasteiger partial charge in [0.05, 0.1) is 5.69 Å². The van der Waals surface area contributed by atoms with Gasteiger partial charge in [-0.3, -0.25) is 4.98 Å². The first-order valence-electron chi connectivity index (χ1n) is 7.32. The summed E-state index contributed by atoms with van der Waals surface area (Å²) in [4.78, 5) is 13.6. The number of aryl methyl sites for hydroxylation is 1. The van der Waals surface area contributed by atoms with Gasteiger partial charge in [0.1, 0.15) is 11.6 Å². The molecule has 2 aromatic heterocycles. The Balaban J connectivity index is 1.98. The minimum absolute atomic E-state index is 0.556. The van der Waals surface area contributed by atoms with Crippen molar-refractivity contribution in [3.05, 3.63) is 35.9 Å². The van der Waals surface area contributed by atoms with Crippen LogP contribution >= 0.6 is 0 Å². The van der Waals surface area contributed by atoms with Gasteiger partial charge in [-0.25, -0.2) is 9.97 Å². The first-order chi connectivity index (χ1) is 9.76. The summed E-state index contributed by atoms with van der Waals surface area (Å²) in [6.07, 6.45) is 5.35. The Morgan fingerprint density at radius 3 is 2.80 bits per heavy atom. The van der Waals surface area contributed by atoms with Crippen molar-refractivity contribution in [3.63, 3.8) is 0 Å². The van der Waals surface area contributed by atoms with E-state index in [0.29, 0.717) is 5.92 Å². The lowest BCUT2D eigenvalue weighted by atomic mass is 10.1. The quantitative estimate of drug-likeness (QED) is 0.901. The van der Waals surface area contributed by atoms with E-state index in [1.807, 2.05) is 25.3 Å². The van der Waals surface area contributed by atoms with Gasteiger partial charge in [0.15, 0.2) is 0 Å². The lowest BCUT2D eigenvalue weighted by Crippen LogP contribution is -2.05. The summed E-state index contributed by atoms with van der Waals surface area (Å²) in [6.45, 7) is 5.10. The van der Waals surface area contributed by atoms with E-state index in [4.69, 9.17) is 4.98 Å². The molecule has 3 rings (SSSR count). The molecule has 0 amide bonds. The molecule has 0 unspecified atom stereocenters. The average molecular weight is 268 g/mol. The number of hydrogen-bond donors (Lipinski definition) is 1. The number of rotatable bonds is 5. The predicted molar refractivity (Wildman–Crippen MR) is 80.8 cm³/mol. The molecule has 4 heteroatoms. The summed E-state index contributed by atoms with van der Waals surface area (Å²) in [5, 5.41) is 3.38. The fourth-order valence-corrected chi connectivity index (χ4v) is 2.19. The van der Waals surface area contributed by atoms with Gasteiger partial charge in [0, 0.05) is 36.0 Å². The maximum atomic E-state index is 4.74. The normalized spacial score (nSPS) is 14.3.